The second-order valence-corrected chi connectivity index (χ2v) is 7.73. The molecule has 0 atom stereocenters. The van der Waals surface area contributed by atoms with Crippen LogP contribution in [0.3, 0.4) is 0 Å². The van der Waals surface area contributed by atoms with Crippen LogP contribution in [0.1, 0.15) is 13.3 Å². The monoisotopic (exact) mass is 370 g/mol. The second-order valence-electron chi connectivity index (χ2n) is 4.66. The number of rotatable bonds is 8. The lowest BCUT2D eigenvalue weighted by Gasteiger charge is -2.06. The van der Waals surface area contributed by atoms with Gasteiger partial charge in [0, 0.05) is 19.3 Å². The minimum absolute atomic E-state index is 0.0383. The molecule has 9 nitrogen and oxygen atoms in total. The van der Waals surface area contributed by atoms with Gasteiger partial charge in [0.15, 0.2) is 5.01 Å². The third-order valence-electron chi connectivity index (χ3n) is 2.87. The number of amides is 2. The van der Waals surface area contributed by atoms with Crippen LogP contribution in [-0.4, -0.2) is 48.5 Å². The van der Waals surface area contributed by atoms with Gasteiger partial charge in [-0.05, 0) is 25.5 Å². The number of hydrogen-bond acceptors (Lipinski definition) is 7. The van der Waals surface area contributed by atoms with E-state index in [9.17, 15) is 13.2 Å². The van der Waals surface area contributed by atoms with Gasteiger partial charge in [0.05, 0.1) is 5.75 Å². The van der Waals surface area contributed by atoms with Crippen LogP contribution < -0.4 is 15.4 Å². The molecule has 0 aromatic carbocycles. The normalized spacial score (nSPS) is 11.2. The van der Waals surface area contributed by atoms with Crippen LogP contribution in [0.4, 0.5) is 9.93 Å². The van der Waals surface area contributed by atoms with Crippen LogP contribution in [0.25, 0.3) is 10.7 Å². The Kier molecular flexibility index (Phi) is 6.58. The average molecular weight is 370 g/mol. The molecule has 0 saturated carbocycles. The Balaban J connectivity index is 1.72. The maximum atomic E-state index is 11.7. The zero-order valence-electron chi connectivity index (χ0n) is 13.0. The fourth-order valence-corrected chi connectivity index (χ4v) is 3.00. The number of urea groups is 1. The van der Waals surface area contributed by atoms with Gasteiger partial charge in [-0.15, -0.1) is 10.2 Å². The van der Waals surface area contributed by atoms with E-state index < -0.39 is 16.1 Å². The van der Waals surface area contributed by atoms with Crippen LogP contribution in [0.2, 0.25) is 0 Å². The Bertz CT molecular complexity index is 763. The Morgan fingerprint density at radius 1 is 1.25 bits per heavy atom. The van der Waals surface area contributed by atoms with Gasteiger partial charge >= 0.3 is 6.03 Å². The molecule has 0 fully saturated rings. The summed E-state index contributed by atoms with van der Waals surface area (Å²) in [5.74, 6) is 0.0383. The van der Waals surface area contributed by atoms with E-state index in [1.807, 2.05) is 12.1 Å². The maximum absolute atomic E-state index is 11.7. The van der Waals surface area contributed by atoms with Crippen molar-refractivity contribution in [2.45, 2.75) is 13.3 Å². The van der Waals surface area contributed by atoms with Crippen molar-refractivity contribution < 1.29 is 13.2 Å². The van der Waals surface area contributed by atoms with Crippen LogP contribution in [0, 0.1) is 0 Å². The SMILES string of the molecule is CCS(=O)(=O)NCCCNC(=O)Nc1nnc(-c2ccccn2)s1. The van der Waals surface area contributed by atoms with Crippen molar-refractivity contribution in [1.29, 1.82) is 0 Å². The molecule has 0 aliphatic rings. The highest BCUT2D eigenvalue weighted by Gasteiger charge is 2.10. The summed E-state index contributed by atoms with van der Waals surface area (Å²) in [7, 11) is -3.19. The van der Waals surface area contributed by atoms with Gasteiger partial charge in [-0.3, -0.25) is 10.3 Å². The molecule has 0 saturated heterocycles. The molecule has 3 N–H and O–H groups in total. The summed E-state index contributed by atoms with van der Waals surface area (Å²) in [6.45, 7) is 2.18. The minimum atomic E-state index is -3.19. The predicted octanol–water partition coefficient (Wildman–Crippen LogP) is 1.05. The summed E-state index contributed by atoms with van der Waals surface area (Å²) in [5.41, 5.74) is 0.687. The second kappa shape index (κ2) is 8.66. The molecule has 0 unspecified atom stereocenters. The first-order valence-corrected chi connectivity index (χ1v) is 9.74. The van der Waals surface area contributed by atoms with Crippen molar-refractivity contribution >= 4 is 32.5 Å². The minimum Gasteiger partial charge on any atom is -0.338 e. The number of nitrogens with zero attached hydrogens (tertiary/aromatic N) is 3. The first-order chi connectivity index (χ1) is 11.5. The van der Waals surface area contributed by atoms with E-state index in [2.05, 4.69) is 30.5 Å². The molecule has 2 rings (SSSR count). The molecule has 11 heteroatoms. The van der Waals surface area contributed by atoms with Gasteiger partial charge < -0.3 is 5.32 Å². The molecular formula is C13H18N6O3S2. The third kappa shape index (κ3) is 5.83. The Labute approximate surface area is 144 Å². The van der Waals surface area contributed by atoms with Crippen molar-refractivity contribution in [2.75, 3.05) is 24.2 Å². The number of aromatic nitrogens is 3. The summed E-state index contributed by atoms with van der Waals surface area (Å²) in [5, 5.41) is 14.0. The summed E-state index contributed by atoms with van der Waals surface area (Å²) < 4.78 is 24.9. The zero-order chi connectivity index (χ0) is 17.4. The number of carbonyl (C=O) groups is 1. The highest BCUT2D eigenvalue weighted by atomic mass is 32.2. The molecule has 2 aromatic rings. The van der Waals surface area contributed by atoms with Gasteiger partial charge in [0.2, 0.25) is 15.2 Å². The fraction of sp³-hybridized carbons (Fsp3) is 0.385. The molecule has 130 valence electrons. The number of hydrogen-bond donors (Lipinski definition) is 3. The van der Waals surface area contributed by atoms with Crippen molar-refractivity contribution in [1.82, 2.24) is 25.2 Å². The number of anilines is 1. The lowest BCUT2D eigenvalue weighted by Crippen LogP contribution is -2.32. The largest absolute Gasteiger partial charge is 0.338 e. The molecule has 0 bridgehead atoms. The highest BCUT2D eigenvalue weighted by molar-refractivity contribution is 7.89. The predicted molar refractivity (Wildman–Crippen MR) is 92.2 cm³/mol. The van der Waals surface area contributed by atoms with E-state index in [1.165, 1.54) is 11.3 Å². The topological polar surface area (TPSA) is 126 Å². The number of pyridine rings is 1. The standard InChI is InChI=1S/C13H18N6O3S2/c1-2-24(21,22)16-9-5-8-15-12(20)17-13-19-18-11(23-13)10-6-3-4-7-14-10/h3-4,6-7,16H,2,5,8-9H2,1H3,(H2,15,17,19,20). The van der Waals surface area contributed by atoms with Gasteiger partial charge in [0.25, 0.3) is 0 Å². The lowest BCUT2D eigenvalue weighted by atomic mass is 10.4. The Morgan fingerprint density at radius 2 is 2.08 bits per heavy atom. The summed E-state index contributed by atoms with van der Waals surface area (Å²) in [6.07, 6.45) is 2.14. The van der Waals surface area contributed by atoms with E-state index in [0.717, 1.165) is 0 Å². The lowest BCUT2D eigenvalue weighted by molar-refractivity contribution is 0.252. The molecule has 2 aromatic heterocycles. The fourth-order valence-electron chi connectivity index (χ4n) is 1.63. The third-order valence-corrected chi connectivity index (χ3v) is 5.14. The maximum Gasteiger partial charge on any atom is 0.321 e. The number of nitrogens with one attached hydrogen (secondary N) is 3. The van der Waals surface area contributed by atoms with Crippen LogP contribution in [0.5, 0.6) is 0 Å². The average Bonchev–Trinajstić information content (AvgIpc) is 3.03. The van der Waals surface area contributed by atoms with Gasteiger partial charge in [-0.1, -0.05) is 17.4 Å². The van der Waals surface area contributed by atoms with Gasteiger partial charge in [-0.25, -0.2) is 17.9 Å². The summed E-state index contributed by atoms with van der Waals surface area (Å²) >= 11 is 1.22. The number of sulfonamides is 1. The van der Waals surface area contributed by atoms with Crippen molar-refractivity contribution in [3.05, 3.63) is 24.4 Å². The number of carbonyl (C=O) groups excluding carboxylic acids is 1. The quantitative estimate of drug-likeness (QED) is 0.596. The molecule has 2 heterocycles. The molecule has 0 aliphatic heterocycles. The van der Waals surface area contributed by atoms with E-state index in [1.54, 1.807) is 19.2 Å². The van der Waals surface area contributed by atoms with E-state index in [4.69, 9.17) is 0 Å². The molecule has 24 heavy (non-hydrogen) atoms. The Morgan fingerprint density at radius 3 is 2.79 bits per heavy atom. The van der Waals surface area contributed by atoms with E-state index in [-0.39, 0.29) is 12.3 Å². The first kappa shape index (κ1) is 18.2. The van der Waals surface area contributed by atoms with E-state index >= 15 is 0 Å². The van der Waals surface area contributed by atoms with Crippen molar-refractivity contribution in [3.8, 4) is 10.7 Å². The molecule has 2 amide bonds. The Hall–Kier alpha value is -2.11. The van der Waals surface area contributed by atoms with Crippen molar-refractivity contribution in [3.63, 3.8) is 0 Å². The van der Waals surface area contributed by atoms with E-state index in [0.29, 0.717) is 28.8 Å². The van der Waals surface area contributed by atoms with Crippen LogP contribution in [-0.2, 0) is 10.0 Å². The zero-order valence-corrected chi connectivity index (χ0v) is 14.7. The molecule has 0 spiro atoms. The summed E-state index contributed by atoms with van der Waals surface area (Å²) in [6, 6.07) is 5.03. The van der Waals surface area contributed by atoms with Gasteiger partial charge in [0.1, 0.15) is 5.69 Å². The molecular weight excluding hydrogens is 352 g/mol. The first-order valence-electron chi connectivity index (χ1n) is 7.27. The molecule has 0 aliphatic carbocycles. The van der Waals surface area contributed by atoms with Crippen molar-refractivity contribution in [2.24, 2.45) is 0 Å². The smallest absolute Gasteiger partial charge is 0.321 e. The highest BCUT2D eigenvalue weighted by Crippen LogP contribution is 2.23. The van der Waals surface area contributed by atoms with Crippen LogP contribution >= 0.6 is 11.3 Å². The van der Waals surface area contributed by atoms with Crippen LogP contribution in [0.15, 0.2) is 24.4 Å². The molecule has 0 radical (unpaired) electrons. The van der Waals surface area contributed by atoms with Gasteiger partial charge in [-0.2, -0.15) is 0 Å². The summed E-state index contributed by atoms with van der Waals surface area (Å²) in [4.78, 5) is 15.9.